The first kappa shape index (κ1) is 48.4. The third-order valence-corrected chi connectivity index (χ3v) is 10.5. The van der Waals surface area contributed by atoms with Crippen molar-refractivity contribution in [1.82, 2.24) is 9.80 Å². The molecule has 5 nitrogen and oxygen atoms in total. The van der Waals surface area contributed by atoms with Crippen molar-refractivity contribution in [1.29, 1.82) is 0 Å². The molecule has 1 heterocycles. The second kappa shape index (κ2) is 40.6. The Morgan fingerprint density at radius 2 is 0.981 bits per heavy atom. The molecule has 1 amide bonds. The molecule has 52 heavy (non-hydrogen) atoms. The van der Waals surface area contributed by atoms with Crippen LogP contribution in [0.1, 0.15) is 206 Å². The number of nitrogens with zero attached hydrogens (tertiary/aromatic N) is 2. The van der Waals surface area contributed by atoms with Crippen molar-refractivity contribution in [3.63, 3.8) is 0 Å². The van der Waals surface area contributed by atoms with Gasteiger partial charge in [0.2, 0.25) is 0 Å². The number of likely N-dealkylation sites (tertiary alicyclic amines) is 1. The minimum Gasteiger partial charge on any atom is -0.449 e. The smallest absolute Gasteiger partial charge is 0.409 e. The Hall–Kier alpha value is -1.59. The summed E-state index contributed by atoms with van der Waals surface area (Å²) in [7, 11) is 0. The predicted molar refractivity (Wildman–Crippen MR) is 227 cm³/mol. The van der Waals surface area contributed by atoms with Crippen molar-refractivity contribution in [2.24, 2.45) is 0 Å². The average molecular weight is 729 g/mol. The summed E-state index contributed by atoms with van der Waals surface area (Å²) < 4.78 is 11.8. The lowest BCUT2D eigenvalue weighted by Crippen LogP contribution is -2.36. The normalized spacial score (nSPS) is 14.0. The number of hydrogen-bond acceptors (Lipinski definition) is 4. The van der Waals surface area contributed by atoms with E-state index < -0.39 is 0 Å². The van der Waals surface area contributed by atoms with Crippen LogP contribution in [0.5, 0.6) is 0 Å². The molecule has 1 aliphatic heterocycles. The highest BCUT2D eigenvalue weighted by Gasteiger charge is 2.15. The van der Waals surface area contributed by atoms with Gasteiger partial charge in [0, 0.05) is 26.2 Å². The Morgan fingerprint density at radius 1 is 0.500 bits per heavy atom. The topological polar surface area (TPSA) is 42.0 Å². The molecule has 1 aliphatic rings. The van der Waals surface area contributed by atoms with Gasteiger partial charge in [-0.05, 0) is 103 Å². The van der Waals surface area contributed by atoms with E-state index in [-0.39, 0.29) is 6.09 Å². The molecule has 0 aromatic heterocycles. The van der Waals surface area contributed by atoms with Crippen molar-refractivity contribution in [2.45, 2.75) is 206 Å². The van der Waals surface area contributed by atoms with Crippen molar-refractivity contribution >= 4 is 6.09 Å². The van der Waals surface area contributed by atoms with Gasteiger partial charge in [-0.15, -0.1) is 0 Å². The molecule has 0 aromatic carbocycles. The van der Waals surface area contributed by atoms with Gasteiger partial charge in [0.15, 0.2) is 0 Å². The molecule has 0 saturated carbocycles. The Morgan fingerprint density at radius 3 is 1.58 bits per heavy atom. The van der Waals surface area contributed by atoms with E-state index in [0.717, 1.165) is 45.4 Å². The molecule has 5 heteroatoms. The number of hydrogen-bond donors (Lipinski definition) is 0. The van der Waals surface area contributed by atoms with Crippen molar-refractivity contribution < 1.29 is 14.3 Å². The molecule has 0 aliphatic carbocycles. The summed E-state index contributed by atoms with van der Waals surface area (Å²) in [4.78, 5) is 17.5. The van der Waals surface area contributed by atoms with E-state index in [4.69, 9.17) is 9.47 Å². The summed E-state index contributed by atoms with van der Waals surface area (Å²) >= 11 is 0. The van der Waals surface area contributed by atoms with Crippen LogP contribution in [0.2, 0.25) is 0 Å². The molecular formula is C47H88N2O3. The van der Waals surface area contributed by atoms with E-state index in [1.165, 1.54) is 180 Å². The van der Waals surface area contributed by atoms with Gasteiger partial charge in [0.05, 0.1) is 13.2 Å². The summed E-state index contributed by atoms with van der Waals surface area (Å²) in [6.07, 6.45) is 52.1. The van der Waals surface area contributed by atoms with E-state index in [2.05, 4.69) is 55.2 Å². The van der Waals surface area contributed by atoms with Crippen LogP contribution in [0.3, 0.4) is 0 Å². The minimum absolute atomic E-state index is 0.151. The van der Waals surface area contributed by atoms with E-state index in [0.29, 0.717) is 19.8 Å². The molecule has 0 aromatic rings. The van der Waals surface area contributed by atoms with Gasteiger partial charge < -0.3 is 19.3 Å². The number of allylic oxidation sites excluding steroid dienone is 6. The summed E-state index contributed by atoms with van der Waals surface area (Å²) in [5, 5.41) is 0. The van der Waals surface area contributed by atoms with Gasteiger partial charge in [0.1, 0.15) is 0 Å². The molecule has 0 unspecified atom stereocenters. The molecule has 1 saturated heterocycles. The monoisotopic (exact) mass is 729 g/mol. The van der Waals surface area contributed by atoms with E-state index >= 15 is 0 Å². The third-order valence-electron chi connectivity index (χ3n) is 10.5. The number of carbonyl (C=O) groups is 1. The molecule has 0 radical (unpaired) electrons. The van der Waals surface area contributed by atoms with Gasteiger partial charge in [-0.2, -0.15) is 0 Å². The number of amides is 1. The van der Waals surface area contributed by atoms with E-state index in [9.17, 15) is 4.79 Å². The number of ether oxygens (including phenoxy) is 2. The lowest BCUT2D eigenvalue weighted by molar-refractivity contribution is 0.0704. The Labute approximate surface area is 324 Å². The first-order valence-electron chi connectivity index (χ1n) is 22.9. The van der Waals surface area contributed by atoms with Gasteiger partial charge in [-0.25, -0.2) is 4.79 Å². The Bertz CT molecular complexity index is 819. The molecule has 0 atom stereocenters. The zero-order valence-electron chi connectivity index (χ0n) is 35.0. The zero-order valence-corrected chi connectivity index (χ0v) is 35.0. The number of piperidine rings is 1. The maximum atomic E-state index is 13.0. The van der Waals surface area contributed by atoms with Gasteiger partial charge in [-0.3, -0.25) is 0 Å². The maximum Gasteiger partial charge on any atom is 0.409 e. The minimum atomic E-state index is -0.151. The first-order chi connectivity index (χ1) is 25.8. The highest BCUT2D eigenvalue weighted by molar-refractivity contribution is 5.67. The van der Waals surface area contributed by atoms with E-state index in [1.54, 1.807) is 0 Å². The van der Waals surface area contributed by atoms with Gasteiger partial charge in [0.25, 0.3) is 0 Å². The fraction of sp³-hybridized carbons (Fsp3) is 0.851. The highest BCUT2D eigenvalue weighted by Crippen LogP contribution is 2.13. The van der Waals surface area contributed by atoms with Crippen LogP contribution < -0.4 is 0 Å². The Kier molecular flexibility index (Phi) is 37.8. The summed E-state index contributed by atoms with van der Waals surface area (Å²) in [5.74, 6) is 0. The lowest BCUT2D eigenvalue weighted by atomic mass is 10.1. The van der Waals surface area contributed by atoms with Crippen LogP contribution in [-0.4, -0.2) is 68.4 Å². The molecule has 0 N–H and O–H groups in total. The zero-order chi connectivity index (χ0) is 37.3. The highest BCUT2D eigenvalue weighted by atomic mass is 16.6. The molecule has 1 fully saturated rings. The fourth-order valence-electron chi connectivity index (χ4n) is 7.04. The molecule has 0 spiro atoms. The van der Waals surface area contributed by atoms with Crippen LogP contribution in [-0.2, 0) is 9.47 Å². The third kappa shape index (κ3) is 34.2. The Balaban J connectivity index is 2.13. The molecule has 1 rings (SSSR count). The number of rotatable bonds is 38. The number of unbranched alkanes of at least 4 members (excludes halogenated alkanes) is 21. The molecular weight excluding hydrogens is 641 g/mol. The van der Waals surface area contributed by atoms with Crippen LogP contribution in [0.4, 0.5) is 4.79 Å². The quantitative estimate of drug-likeness (QED) is 0.0469. The van der Waals surface area contributed by atoms with Crippen LogP contribution in [0, 0.1) is 0 Å². The first-order valence-corrected chi connectivity index (χ1v) is 22.9. The van der Waals surface area contributed by atoms with Crippen molar-refractivity contribution in [3.05, 3.63) is 36.5 Å². The van der Waals surface area contributed by atoms with E-state index in [1.807, 2.05) is 4.90 Å². The summed E-state index contributed by atoms with van der Waals surface area (Å²) in [6, 6.07) is 0. The second-order valence-electron chi connectivity index (χ2n) is 15.5. The maximum absolute atomic E-state index is 13.0. The van der Waals surface area contributed by atoms with Crippen LogP contribution in [0.25, 0.3) is 0 Å². The van der Waals surface area contributed by atoms with Crippen molar-refractivity contribution in [3.8, 4) is 0 Å². The predicted octanol–water partition coefficient (Wildman–Crippen LogP) is 14.2. The van der Waals surface area contributed by atoms with Crippen LogP contribution in [0.15, 0.2) is 36.5 Å². The van der Waals surface area contributed by atoms with Crippen LogP contribution >= 0.6 is 0 Å². The fourth-order valence-corrected chi connectivity index (χ4v) is 7.04. The standard InChI is InChI=1S/C47H88N2O3/c1-3-5-7-9-11-13-15-17-19-21-23-25-27-29-31-36-42-49(47(50)52-45-38-41-48-39-34-33-35-40-48)43-46-51-44-37-32-30-28-26-24-22-20-18-16-14-12-10-8-6-4-2/h11,13,17-20H,3-10,12,14-16,21-46H2,1-2H3/b13-11-,19-17-,20-18-. The SMILES string of the molecule is CCCCC/C=C\C/C=C\CCCCCCCCN(CCOCCCCCCCC/C=C\CCCCCCCC)C(=O)OCCCN1CCCCC1. The second-order valence-corrected chi connectivity index (χ2v) is 15.5. The van der Waals surface area contributed by atoms with Gasteiger partial charge in [-0.1, -0.05) is 153 Å². The van der Waals surface area contributed by atoms with Gasteiger partial charge >= 0.3 is 6.09 Å². The average Bonchev–Trinajstić information content (AvgIpc) is 3.16. The number of carbonyl (C=O) groups excluding carboxylic acids is 1. The summed E-state index contributed by atoms with van der Waals surface area (Å²) in [5.41, 5.74) is 0. The summed E-state index contributed by atoms with van der Waals surface area (Å²) in [6.45, 7) is 11.3. The molecule has 0 bridgehead atoms. The largest absolute Gasteiger partial charge is 0.449 e. The molecule has 304 valence electrons. The van der Waals surface area contributed by atoms with Crippen molar-refractivity contribution in [2.75, 3.05) is 52.5 Å². The lowest BCUT2D eigenvalue weighted by Gasteiger charge is -2.26.